The SMILES string of the molecule is COc1cc(N2CCN(C(=O)CC34CC5CC(CC(C5)C3)C4)CC2)ccc1Nc1ncc2c(C)cc(=O)n(-c3cccc(NC4CC4)c3)c2n1. The summed E-state index contributed by atoms with van der Waals surface area (Å²) in [4.78, 5) is 40.9. The van der Waals surface area contributed by atoms with Gasteiger partial charge >= 0.3 is 0 Å². The first-order chi connectivity index (χ1) is 24.3. The van der Waals surface area contributed by atoms with E-state index < -0.39 is 0 Å². The minimum atomic E-state index is -0.139. The molecule has 2 aromatic carbocycles. The van der Waals surface area contributed by atoms with Crippen molar-refractivity contribution >= 4 is 40.0 Å². The Balaban J connectivity index is 0.900. The first kappa shape index (κ1) is 31.4. The molecule has 1 saturated heterocycles. The topological polar surface area (TPSA) is 105 Å². The molecule has 0 unspecified atom stereocenters. The van der Waals surface area contributed by atoms with Crippen molar-refractivity contribution in [3.63, 3.8) is 0 Å². The number of piperazine rings is 1. The number of aromatic nitrogens is 3. The van der Waals surface area contributed by atoms with Crippen molar-refractivity contribution in [1.82, 2.24) is 19.4 Å². The van der Waals surface area contributed by atoms with E-state index in [-0.39, 0.29) is 11.0 Å². The summed E-state index contributed by atoms with van der Waals surface area (Å²) in [7, 11) is 1.66. The van der Waals surface area contributed by atoms with Crippen LogP contribution in [0.2, 0.25) is 0 Å². The van der Waals surface area contributed by atoms with Gasteiger partial charge in [0.15, 0.2) is 5.65 Å². The van der Waals surface area contributed by atoms with Gasteiger partial charge < -0.3 is 25.2 Å². The van der Waals surface area contributed by atoms with Crippen LogP contribution in [0.15, 0.2) is 59.5 Å². The molecule has 0 radical (unpaired) electrons. The third kappa shape index (κ3) is 5.96. The summed E-state index contributed by atoms with van der Waals surface area (Å²) in [6.45, 7) is 5.00. The van der Waals surface area contributed by atoms with Gasteiger partial charge in [0.1, 0.15) is 5.75 Å². The Hall–Kier alpha value is -4.60. The van der Waals surface area contributed by atoms with Crippen molar-refractivity contribution in [2.45, 2.75) is 70.8 Å². The van der Waals surface area contributed by atoms with Crippen LogP contribution in [0.4, 0.5) is 23.0 Å². The molecule has 10 nitrogen and oxygen atoms in total. The van der Waals surface area contributed by atoms with Gasteiger partial charge in [0.05, 0.1) is 18.5 Å². The van der Waals surface area contributed by atoms with E-state index in [1.165, 1.54) is 51.4 Å². The van der Waals surface area contributed by atoms with E-state index in [1.54, 1.807) is 23.9 Å². The zero-order valence-corrected chi connectivity index (χ0v) is 29.2. The average Bonchev–Trinajstić information content (AvgIpc) is 3.92. The van der Waals surface area contributed by atoms with Gasteiger partial charge in [0.25, 0.3) is 5.56 Å². The summed E-state index contributed by atoms with van der Waals surface area (Å²) in [5, 5.41) is 7.69. The molecule has 1 aliphatic heterocycles. The van der Waals surface area contributed by atoms with Crippen LogP contribution in [0, 0.1) is 30.1 Å². The van der Waals surface area contributed by atoms with Gasteiger partial charge in [-0.1, -0.05) is 6.07 Å². The molecule has 4 bridgehead atoms. The van der Waals surface area contributed by atoms with Crippen LogP contribution in [0.1, 0.15) is 63.4 Å². The van der Waals surface area contributed by atoms with E-state index in [2.05, 4.69) is 31.5 Å². The Morgan fingerprint density at radius 2 is 1.68 bits per heavy atom. The third-order valence-corrected chi connectivity index (χ3v) is 12.1. The number of nitrogens with one attached hydrogen (secondary N) is 2. The highest BCUT2D eigenvalue weighted by Crippen LogP contribution is 2.61. The fourth-order valence-corrected chi connectivity index (χ4v) is 10.0. The van der Waals surface area contributed by atoms with E-state index in [0.29, 0.717) is 29.3 Å². The van der Waals surface area contributed by atoms with Crippen molar-refractivity contribution in [3.05, 3.63) is 70.6 Å². The molecular weight excluding hydrogens is 626 g/mol. The highest BCUT2D eigenvalue weighted by molar-refractivity contribution is 5.82. The Labute approximate surface area is 293 Å². The summed E-state index contributed by atoms with van der Waals surface area (Å²) in [6.07, 6.45) is 12.9. The number of hydrogen-bond donors (Lipinski definition) is 2. The lowest BCUT2D eigenvalue weighted by Crippen LogP contribution is -2.52. The average molecular weight is 674 g/mol. The van der Waals surface area contributed by atoms with Crippen LogP contribution in [0.3, 0.4) is 0 Å². The third-order valence-electron chi connectivity index (χ3n) is 12.1. The van der Waals surface area contributed by atoms with Crippen LogP contribution < -0.4 is 25.8 Å². The molecule has 4 aromatic rings. The number of amides is 1. The number of ether oxygens (including phenoxy) is 1. The van der Waals surface area contributed by atoms with Gasteiger partial charge in [0.2, 0.25) is 11.9 Å². The highest BCUT2D eigenvalue weighted by Gasteiger charge is 2.51. The molecule has 5 aliphatic carbocycles. The number of carbonyl (C=O) groups excluding carboxylic acids is 1. The second kappa shape index (κ2) is 12.3. The Kier molecular flexibility index (Phi) is 7.73. The lowest BCUT2D eigenvalue weighted by molar-refractivity contribution is -0.139. The number of anilines is 4. The normalized spacial score (nSPS) is 25.6. The van der Waals surface area contributed by atoms with E-state index >= 15 is 0 Å². The molecule has 0 atom stereocenters. The largest absolute Gasteiger partial charge is 0.494 e. The first-order valence-corrected chi connectivity index (χ1v) is 18.6. The lowest BCUT2D eigenvalue weighted by atomic mass is 9.49. The molecule has 10 heteroatoms. The van der Waals surface area contributed by atoms with Crippen LogP contribution in [-0.4, -0.2) is 64.7 Å². The minimum absolute atomic E-state index is 0.139. The summed E-state index contributed by atoms with van der Waals surface area (Å²) >= 11 is 0. The summed E-state index contributed by atoms with van der Waals surface area (Å²) in [5.74, 6) is 4.02. The van der Waals surface area contributed by atoms with Gasteiger partial charge in [0, 0.05) is 73.7 Å². The minimum Gasteiger partial charge on any atom is -0.494 e. The molecule has 5 saturated carbocycles. The fraction of sp³-hybridized carbons (Fsp3) is 0.500. The molecular formula is C40H47N7O3. The predicted octanol–water partition coefficient (Wildman–Crippen LogP) is 6.67. The number of hydrogen-bond acceptors (Lipinski definition) is 8. The van der Waals surface area contributed by atoms with Crippen molar-refractivity contribution < 1.29 is 9.53 Å². The number of aryl methyl sites for hydroxylation is 1. The zero-order chi connectivity index (χ0) is 34.0. The summed E-state index contributed by atoms with van der Waals surface area (Å²) in [5.41, 5.74) is 5.06. The molecule has 6 fully saturated rings. The molecule has 1 amide bonds. The van der Waals surface area contributed by atoms with Crippen molar-refractivity contribution in [2.24, 2.45) is 23.2 Å². The number of pyridine rings is 1. The standard InChI is InChI=1S/C40H47N7O3/c1-25-14-36(48)47(32-5-3-4-30(18-32)42-29-6-7-29)38-33(25)24-41-39(44-38)43-34-9-8-31(19-35(34)50-2)45-10-12-46(13-11-45)37(49)23-40-20-26-15-27(21-40)17-28(16-26)22-40/h3-5,8-9,14,18-19,24,26-29,42H,6-7,10-13,15-17,20-23H2,1-2H3,(H,41,43,44). The smallest absolute Gasteiger partial charge is 0.257 e. The maximum Gasteiger partial charge on any atom is 0.257 e. The fourth-order valence-electron chi connectivity index (χ4n) is 10.0. The van der Waals surface area contributed by atoms with Gasteiger partial charge in [-0.2, -0.15) is 4.98 Å². The molecule has 2 aromatic heterocycles. The maximum atomic E-state index is 13.6. The van der Waals surface area contributed by atoms with Crippen LogP contribution in [-0.2, 0) is 4.79 Å². The summed E-state index contributed by atoms with van der Waals surface area (Å²) < 4.78 is 7.49. The van der Waals surface area contributed by atoms with Crippen LogP contribution in [0.25, 0.3) is 16.7 Å². The van der Waals surface area contributed by atoms with Crippen molar-refractivity contribution in [3.8, 4) is 11.4 Å². The maximum absolute atomic E-state index is 13.6. The Bertz CT molecular complexity index is 1980. The van der Waals surface area contributed by atoms with Crippen LogP contribution >= 0.6 is 0 Å². The number of carbonyl (C=O) groups is 1. The van der Waals surface area contributed by atoms with E-state index in [0.717, 1.165) is 84.1 Å². The molecule has 260 valence electrons. The predicted molar refractivity (Wildman–Crippen MR) is 197 cm³/mol. The highest BCUT2D eigenvalue weighted by atomic mass is 16.5. The van der Waals surface area contributed by atoms with Gasteiger partial charge in [-0.25, -0.2) is 4.98 Å². The number of nitrogens with zero attached hydrogens (tertiary/aromatic N) is 5. The lowest BCUT2D eigenvalue weighted by Gasteiger charge is -2.57. The molecule has 2 N–H and O–H groups in total. The van der Waals surface area contributed by atoms with E-state index in [9.17, 15) is 9.59 Å². The van der Waals surface area contributed by atoms with Crippen LogP contribution in [0.5, 0.6) is 5.75 Å². The number of fused-ring (bicyclic) bond motifs is 1. The number of rotatable bonds is 9. The second-order valence-corrected chi connectivity index (χ2v) is 15.9. The van der Waals surface area contributed by atoms with Gasteiger partial charge in [-0.3, -0.25) is 14.2 Å². The van der Waals surface area contributed by atoms with E-state index in [1.807, 2.05) is 43.3 Å². The molecule has 6 aliphatic rings. The van der Waals surface area contributed by atoms with Gasteiger partial charge in [-0.15, -0.1) is 0 Å². The molecule has 3 heterocycles. The summed E-state index contributed by atoms with van der Waals surface area (Å²) in [6, 6.07) is 16.2. The van der Waals surface area contributed by atoms with Crippen molar-refractivity contribution in [1.29, 1.82) is 0 Å². The van der Waals surface area contributed by atoms with E-state index in [4.69, 9.17) is 9.72 Å². The molecule has 0 spiro atoms. The van der Waals surface area contributed by atoms with Crippen molar-refractivity contribution in [2.75, 3.05) is 48.8 Å². The molecule has 10 rings (SSSR count). The number of benzene rings is 2. The monoisotopic (exact) mass is 673 g/mol. The van der Waals surface area contributed by atoms with Gasteiger partial charge in [-0.05, 0) is 117 Å². The quantitative estimate of drug-likeness (QED) is 0.203. The number of methoxy groups -OCH3 is 1. The zero-order valence-electron chi connectivity index (χ0n) is 29.2. The Morgan fingerprint density at radius 3 is 2.38 bits per heavy atom. The first-order valence-electron chi connectivity index (χ1n) is 18.6. The Morgan fingerprint density at radius 1 is 0.940 bits per heavy atom. The second-order valence-electron chi connectivity index (χ2n) is 15.9. The molecule has 50 heavy (non-hydrogen) atoms.